The van der Waals surface area contributed by atoms with Gasteiger partial charge in [-0.15, -0.1) is 11.3 Å². The van der Waals surface area contributed by atoms with Crippen LogP contribution >= 0.6 is 34.5 Å². The van der Waals surface area contributed by atoms with E-state index >= 15 is 0 Å². The Balaban J connectivity index is 1.63. The standard InChI is InChI=1S/C17H13Cl2N3O3S2/c18-10-2-1-3-11(19)14(10)9-4-6-20-15(9)16(23)22-17-21-12-5-7-27(24,25)8-13(12)26-17/h1-4,6,20H,5,7-8H2,(H,21,22,23). The summed E-state index contributed by atoms with van der Waals surface area (Å²) in [5.74, 6) is -0.346. The topological polar surface area (TPSA) is 91.9 Å². The van der Waals surface area contributed by atoms with Gasteiger partial charge in [0.05, 0.1) is 17.2 Å². The van der Waals surface area contributed by atoms with Crippen LogP contribution in [-0.4, -0.2) is 30.0 Å². The number of aryl methyl sites for hydroxylation is 1. The average molecular weight is 442 g/mol. The van der Waals surface area contributed by atoms with Crippen molar-refractivity contribution in [2.75, 3.05) is 11.1 Å². The molecule has 0 unspecified atom stereocenters. The molecule has 2 aromatic heterocycles. The van der Waals surface area contributed by atoms with Crippen LogP contribution in [-0.2, 0) is 22.0 Å². The van der Waals surface area contributed by atoms with Crippen LogP contribution in [0.2, 0.25) is 10.0 Å². The zero-order chi connectivity index (χ0) is 19.2. The van der Waals surface area contributed by atoms with E-state index in [1.165, 1.54) is 11.3 Å². The van der Waals surface area contributed by atoms with Gasteiger partial charge in [0, 0.05) is 38.7 Å². The Bertz CT molecular complexity index is 1130. The van der Waals surface area contributed by atoms with Gasteiger partial charge in [0.15, 0.2) is 15.0 Å². The lowest BCUT2D eigenvalue weighted by molar-refractivity contribution is 0.102. The van der Waals surface area contributed by atoms with E-state index in [9.17, 15) is 13.2 Å². The van der Waals surface area contributed by atoms with E-state index in [1.54, 1.807) is 30.5 Å². The van der Waals surface area contributed by atoms with Crippen molar-refractivity contribution < 1.29 is 13.2 Å². The van der Waals surface area contributed by atoms with Gasteiger partial charge in [-0.05, 0) is 18.2 Å². The van der Waals surface area contributed by atoms with E-state index in [-0.39, 0.29) is 11.5 Å². The predicted molar refractivity (Wildman–Crippen MR) is 108 cm³/mol. The number of carbonyl (C=O) groups is 1. The molecular formula is C17H13Cl2N3O3S2. The molecule has 0 saturated carbocycles. The second-order valence-corrected chi connectivity index (χ2v) is 10.1. The number of benzene rings is 1. The summed E-state index contributed by atoms with van der Waals surface area (Å²) < 4.78 is 23.5. The van der Waals surface area contributed by atoms with Gasteiger partial charge in [0.25, 0.3) is 5.91 Å². The summed E-state index contributed by atoms with van der Waals surface area (Å²) >= 11 is 13.7. The number of anilines is 1. The molecule has 1 aliphatic rings. The molecule has 1 aromatic carbocycles. The van der Waals surface area contributed by atoms with Crippen molar-refractivity contribution >= 4 is 55.4 Å². The number of aromatic nitrogens is 2. The first-order chi connectivity index (χ1) is 12.8. The van der Waals surface area contributed by atoms with Crippen LogP contribution in [0.25, 0.3) is 11.1 Å². The van der Waals surface area contributed by atoms with E-state index < -0.39 is 15.7 Å². The molecule has 0 fully saturated rings. The zero-order valence-corrected chi connectivity index (χ0v) is 16.9. The van der Waals surface area contributed by atoms with E-state index in [1.807, 2.05) is 0 Å². The molecule has 3 heterocycles. The maximum atomic E-state index is 12.8. The maximum Gasteiger partial charge on any atom is 0.274 e. The number of aromatic amines is 1. The smallest absolute Gasteiger partial charge is 0.274 e. The van der Waals surface area contributed by atoms with Gasteiger partial charge in [-0.2, -0.15) is 0 Å². The van der Waals surface area contributed by atoms with Crippen LogP contribution in [0.4, 0.5) is 5.13 Å². The normalized spacial score (nSPS) is 15.3. The van der Waals surface area contributed by atoms with Gasteiger partial charge in [-0.3, -0.25) is 10.1 Å². The number of thiazole rings is 1. The molecular weight excluding hydrogens is 429 g/mol. The summed E-state index contributed by atoms with van der Waals surface area (Å²) in [5.41, 5.74) is 2.17. The number of sulfone groups is 1. The lowest BCUT2D eigenvalue weighted by atomic mass is 10.1. The number of fused-ring (bicyclic) bond motifs is 1. The Morgan fingerprint density at radius 3 is 2.70 bits per heavy atom. The highest BCUT2D eigenvalue weighted by Crippen LogP contribution is 2.37. The SMILES string of the molecule is O=C(Nc1nc2c(s1)CS(=O)(=O)CC2)c1[nH]ccc1-c1c(Cl)cccc1Cl. The second kappa shape index (κ2) is 6.94. The number of hydrogen-bond donors (Lipinski definition) is 2. The fourth-order valence-electron chi connectivity index (χ4n) is 2.95. The minimum atomic E-state index is -3.08. The number of halogens is 2. The number of rotatable bonds is 3. The molecule has 0 spiro atoms. The molecule has 0 bridgehead atoms. The van der Waals surface area contributed by atoms with Crippen molar-refractivity contribution in [2.24, 2.45) is 0 Å². The minimum absolute atomic E-state index is 0.0289. The summed E-state index contributed by atoms with van der Waals surface area (Å²) in [6.45, 7) is 0. The molecule has 6 nitrogen and oxygen atoms in total. The van der Waals surface area contributed by atoms with Crippen LogP contribution in [0.1, 0.15) is 21.1 Å². The van der Waals surface area contributed by atoms with Crippen LogP contribution in [0.5, 0.6) is 0 Å². The van der Waals surface area contributed by atoms with Crippen molar-refractivity contribution in [3.8, 4) is 11.1 Å². The van der Waals surface area contributed by atoms with Crippen LogP contribution < -0.4 is 5.32 Å². The van der Waals surface area contributed by atoms with Crippen molar-refractivity contribution in [3.05, 3.63) is 56.8 Å². The summed E-state index contributed by atoms with van der Waals surface area (Å²) in [6.07, 6.45) is 2.00. The first kappa shape index (κ1) is 18.5. The van der Waals surface area contributed by atoms with Crippen molar-refractivity contribution in [2.45, 2.75) is 12.2 Å². The van der Waals surface area contributed by atoms with Crippen molar-refractivity contribution in [1.82, 2.24) is 9.97 Å². The number of carbonyl (C=O) groups excluding carboxylic acids is 1. The lowest BCUT2D eigenvalue weighted by Gasteiger charge is -2.08. The van der Waals surface area contributed by atoms with Crippen LogP contribution in [0.3, 0.4) is 0 Å². The third-order valence-electron chi connectivity index (χ3n) is 4.21. The highest BCUT2D eigenvalue weighted by Gasteiger charge is 2.26. The fraction of sp³-hybridized carbons (Fsp3) is 0.176. The Morgan fingerprint density at radius 2 is 1.96 bits per heavy atom. The Hall–Kier alpha value is -1.87. The molecule has 2 N–H and O–H groups in total. The molecule has 4 rings (SSSR count). The molecule has 3 aromatic rings. The molecule has 140 valence electrons. The third-order valence-corrected chi connectivity index (χ3v) is 7.59. The number of H-pyrrole nitrogens is 1. The quantitative estimate of drug-likeness (QED) is 0.637. The second-order valence-electron chi connectivity index (χ2n) is 6.05. The van der Waals surface area contributed by atoms with Crippen molar-refractivity contribution in [3.63, 3.8) is 0 Å². The van der Waals surface area contributed by atoms with Crippen molar-refractivity contribution in [1.29, 1.82) is 0 Å². The van der Waals surface area contributed by atoms with E-state index in [4.69, 9.17) is 23.2 Å². The number of hydrogen-bond acceptors (Lipinski definition) is 5. The van der Waals surface area contributed by atoms with Crippen LogP contribution in [0, 0.1) is 0 Å². The number of amides is 1. The van der Waals surface area contributed by atoms with E-state index in [0.29, 0.717) is 43.3 Å². The average Bonchev–Trinajstić information content (AvgIpc) is 3.20. The molecule has 1 aliphatic heterocycles. The fourth-order valence-corrected chi connectivity index (χ4v) is 6.34. The molecule has 1 amide bonds. The maximum absolute atomic E-state index is 12.8. The first-order valence-electron chi connectivity index (χ1n) is 7.96. The Labute approximate surface area is 169 Å². The summed E-state index contributed by atoms with van der Waals surface area (Å²) in [5, 5.41) is 3.97. The van der Waals surface area contributed by atoms with Gasteiger partial charge in [-0.1, -0.05) is 29.3 Å². The number of nitrogens with zero attached hydrogens (tertiary/aromatic N) is 1. The third kappa shape index (κ3) is 3.62. The van der Waals surface area contributed by atoms with Gasteiger partial charge >= 0.3 is 0 Å². The zero-order valence-electron chi connectivity index (χ0n) is 13.8. The monoisotopic (exact) mass is 441 g/mol. The molecule has 27 heavy (non-hydrogen) atoms. The minimum Gasteiger partial charge on any atom is -0.357 e. The molecule has 10 heteroatoms. The lowest BCUT2D eigenvalue weighted by Crippen LogP contribution is -2.17. The predicted octanol–water partition coefficient (Wildman–Crippen LogP) is 4.17. The first-order valence-corrected chi connectivity index (χ1v) is 11.4. The van der Waals surface area contributed by atoms with Gasteiger partial charge in [0.1, 0.15) is 5.69 Å². The molecule has 0 radical (unpaired) electrons. The van der Waals surface area contributed by atoms with Crippen LogP contribution in [0.15, 0.2) is 30.5 Å². The molecule has 0 saturated heterocycles. The Morgan fingerprint density at radius 1 is 1.22 bits per heavy atom. The largest absolute Gasteiger partial charge is 0.357 e. The van der Waals surface area contributed by atoms with Gasteiger partial charge < -0.3 is 4.98 Å². The highest BCUT2D eigenvalue weighted by atomic mass is 35.5. The molecule has 0 atom stereocenters. The molecule has 0 aliphatic carbocycles. The summed E-state index contributed by atoms with van der Waals surface area (Å²) in [4.78, 5) is 20.7. The Kier molecular flexibility index (Phi) is 4.75. The van der Waals surface area contributed by atoms with Gasteiger partial charge in [-0.25, -0.2) is 13.4 Å². The van der Waals surface area contributed by atoms with E-state index in [0.717, 1.165) is 5.69 Å². The highest BCUT2D eigenvalue weighted by molar-refractivity contribution is 7.90. The number of nitrogens with one attached hydrogen (secondary N) is 2. The van der Waals surface area contributed by atoms with E-state index in [2.05, 4.69) is 15.3 Å². The van der Waals surface area contributed by atoms with Gasteiger partial charge in [0.2, 0.25) is 0 Å². The summed E-state index contributed by atoms with van der Waals surface area (Å²) in [6, 6.07) is 6.86. The summed E-state index contributed by atoms with van der Waals surface area (Å²) in [7, 11) is -3.08.